The Hall–Kier alpha value is -1.67. The topological polar surface area (TPSA) is 35.2 Å². The molecule has 0 amide bonds. The smallest absolute Gasteiger partial charge is 0.151 e. The van der Waals surface area contributed by atoms with Gasteiger partial charge in [0.15, 0.2) is 5.75 Å². The highest BCUT2D eigenvalue weighted by Gasteiger charge is 2.19. The summed E-state index contributed by atoms with van der Waals surface area (Å²) in [5, 5.41) is 0.609. The SMILES string of the molecule is CC(C)(C)c1ccccc1Oc1cc(Cl)ccc1N. The molecule has 3 heteroatoms. The van der Waals surface area contributed by atoms with E-state index in [2.05, 4.69) is 26.8 Å². The number of halogens is 1. The number of rotatable bonds is 2. The average molecular weight is 276 g/mol. The van der Waals surface area contributed by atoms with Crippen LogP contribution < -0.4 is 10.5 Å². The van der Waals surface area contributed by atoms with E-state index >= 15 is 0 Å². The maximum absolute atomic E-state index is 5.98. The molecule has 0 heterocycles. The molecule has 2 aromatic rings. The molecule has 0 bridgehead atoms. The Morgan fingerprint density at radius 1 is 1.00 bits per heavy atom. The highest BCUT2D eigenvalue weighted by atomic mass is 35.5. The van der Waals surface area contributed by atoms with Crippen LogP contribution in [0.3, 0.4) is 0 Å². The standard InChI is InChI=1S/C16H18ClNO/c1-16(2,3)12-6-4-5-7-14(12)19-15-10-11(17)8-9-13(15)18/h4-10H,18H2,1-3H3. The van der Waals surface area contributed by atoms with Gasteiger partial charge in [-0.25, -0.2) is 0 Å². The molecule has 2 nitrogen and oxygen atoms in total. The molecule has 0 atom stereocenters. The first kappa shape index (κ1) is 13.8. The summed E-state index contributed by atoms with van der Waals surface area (Å²) >= 11 is 5.98. The minimum atomic E-state index is 0.00390. The second kappa shape index (κ2) is 5.14. The molecule has 0 aromatic heterocycles. The van der Waals surface area contributed by atoms with Crippen LogP contribution in [0.2, 0.25) is 5.02 Å². The van der Waals surface area contributed by atoms with E-state index in [1.54, 1.807) is 18.2 Å². The first-order valence-electron chi connectivity index (χ1n) is 6.20. The normalized spacial score (nSPS) is 11.4. The highest BCUT2D eigenvalue weighted by Crippen LogP contribution is 2.36. The Morgan fingerprint density at radius 3 is 2.37 bits per heavy atom. The summed E-state index contributed by atoms with van der Waals surface area (Å²) in [6.07, 6.45) is 0. The Labute approximate surface area is 119 Å². The zero-order valence-electron chi connectivity index (χ0n) is 11.4. The van der Waals surface area contributed by atoms with Crippen molar-refractivity contribution in [3.8, 4) is 11.5 Å². The molecular weight excluding hydrogens is 258 g/mol. The van der Waals surface area contributed by atoms with Gasteiger partial charge in [0.1, 0.15) is 5.75 Å². The summed E-state index contributed by atoms with van der Waals surface area (Å²) < 4.78 is 5.94. The van der Waals surface area contributed by atoms with E-state index in [-0.39, 0.29) is 5.41 Å². The van der Waals surface area contributed by atoms with Crippen molar-refractivity contribution in [3.63, 3.8) is 0 Å². The van der Waals surface area contributed by atoms with Crippen molar-refractivity contribution in [1.82, 2.24) is 0 Å². The molecule has 0 saturated carbocycles. The second-order valence-corrected chi connectivity index (χ2v) is 5.97. The van der Waals surface area contributed by atoms with Crippen LogP contribution in [0.1, 0.15) is 26.3 Å². The predicted octanol–water partition coefficient (Wildman–Crippen LogP) is 5.01. The lowest BCUT2D eigenvalue weighted by Gasteiger charge is -2.22. The summed E-state index contributed by atoms with van der Waals surface area (Å²) in [6.45, 7) is 6.45. The second-order valence-electron chi connectivity index (χ2n) is 5.53. The van der Waals surface area contributed by atoms with Gasteiger partial charge in [-0.05, 0) is 23.6 Å². The lowest BCUT2D eigenvalue weighted by Crippen LogP contribution is -2.12. The lowest BCUT2D eigenvalue weighted by molar-refractivity contribution is 0.457. The summed E-state index contributed by atoms with van der Waals surface area (Å²) in [6, 6.07) is 13.2. The van der Waals surface area contributed by atoms with Gasteiger partial charge in [0, 0.05) is 16.7 Å². The van der Waals surface area contributed by atoms with Crippen LogP contribution in [0, 0.1) is 0 Å². The molecule has 2 N–H and O–H groups in total. The largest absolute Gasteiger partial charge is 0.455 e. The molecule has 0 saturated heterocycles. The fourth-order valence-electron chi connectivity index (χ4n) is 1.89. The quantitative estimate of drug-likeness (QED) is 0.782. The molecule has 0 fully saturated rings. The number of nitrogen functional groups attached to an aromatic ring is 1. The number of hydrogen-bond donors (Lipinski definition) is 1. The van der Waals surface area contributed by atoms with Crippen LogP contribution in [0.25, 0.3) is 0 Å². The van der Waals surface area contributed by atoms with Gasteiger partial charge in [0.2, 0.25) is 0 Å². The van der Waals surface area contributed by atoms with Crippen LogP contribution in [0.4, 0.5) is 5.69 Å². The molecule has 0 unspecified atom stereocenters. The Bertz CT molecular complexity index is 588. The number of anilines is 1. The third-order valence-electron chi connectivity index (χ3n) is 2.89. The number of nitrogens with two attached hydrogens (primary N) is 1. The summed E-state index contributed by atoms with van der Waals surface area (Å²) in [5.41, 5.74) is 7.63. The fourth-order valence-corrected chi connectivity index (χ4v) is 2.05. The minimum absolute atomic E-state index is 0.00390. The molecule has 0 spiro atoms. The maximum Gasteiger partial charge on any atom is 0.151 e. The van der Waals surface area contributed by atoms with Gasteiger partial charge in [-0.3, -0.25) is 0 Å². The van der Waals surface area contributed by atoms with Crippen molar-refractivity contribution in [3.05, 3.63) is 53.1 Å². The van der Waals surface area contributed by atoms with E-state index in [0.717, 1.165) is 11.3 Å². The molecular formula is C16H18ClNO. The Balaban J connectivity index is 2.41. The molecule has 100 valence electrons. The Kier molecular flexibility index (Phi) is 3.72. The van der Waals surface area contributed by atoms with E-state index in [1.165, 1.54) is 0 Å². The van der Waals surface area contributed by atoms with Crippen LogP contribution in [-0.4, -0.2) is 0 Å². The van der Waals surface area contributed by atoms with Crippen molar-refractivity contribution in [2.75, 3.05) is 5.73 Å². The zero-order chi connectivity index (χ0) is 14.0. The monoisotopic (exact) mass is 275 g/mol. The van der Waals surface area contributed by atoms with Crippen molar-refractivity contribution >= 4 is 17.3 Å². The van der Waals surface area contributed by atoms with E-state index in [9.17, 15) is 0 Å². The van der Waals surface area contributed by atoms with Gasteiger partial charge < -0.3 is 10.5 Å². The van der Waals surface area contributed by atoms with Gasteiger partial charge in [-0.2, -0.15) is 0 Å². The minimum Gasteiger partial charge on any atom is -0.455 e. The van der Waals surface area contributed by atoms with Gasteiger partial charge in [0.25, 0.3) is 0 Å². The molecule has 0 aliphatic heterocycles. The van der Waals surface area contributed by atoms with Crippen molar-refractivity contribution in [1.29, 1.82) is 0 Å². The number of para-hydroxylation sites is 1. The van der Waals surface area contributed by atoms with Gasteiger partial charge in [-0.1, -0.05) is 50.6 Å². The van der Waals surface area contributed by atoms with Gasteiger partial charge in [0.05, 0.1) is 5.69 Å². The first-order valence-corrected chi connectivity index (χ1v) is 6.58. The maximum atomic E-state index is 5.98. The lowest BCUT2D eigenvalue weighted by atomic mass is 9.86. The third kappa shape index (κ3) is 3.21. The van der Waals surface area contributed by atoms with Crippen LogP contribution >= 0.6 is 11.6 Å². The molecule has 19 heavy (non-hydrogen) atoms. The van der Waals surface area contributed by atoms with E-state index in [0.29, 0.717) is 16.5 Å². The summed E-state index contributed by atoms with van der Waals surface area (Å²) in [7, 11) is 0. The van der Waals surface area contributed by atoms with Gasteiger partial charge >= 0.3 is 0 Å². The number of benzene rings is 2. The van der Waals surface area contributed by atoms with Crippen LogP contribution in [-0.2, 0) is 5.41 Å². The van der Waals surface area contributed by atoms with Crippen molar-refractivity contribution in [2.24, 2.45) is 0 Å². The van der Waals surface area contributed by atoms with E-state index in [1.807, 2.05) is 18.2 Å². The molecule has 0 radical (unpaired) electrons. The molecule has 2 rings (SSSR count). The molecule has 2 aromatic carbocycles. The zero-order valence-corrected chi connectivity index (χ0v) is 12.2. The first-order chi connectivity index (χ1) is 8.88. The van der Waals surface area contributed by atoms with Crippen LogP contribution in [0.15, 0.2) is 42.5 Å². The highest BCUT2D eigenvalue weighted by molar-refractivity contribution is 6.30. The third-order valence-corrected chi connectivity index (χ3v) is 3.13. The fraction of sp³-hybridized carbons (Fsp3) is 0.250. The number of ether oxygens (including phenoxy) is 1. The number of hydrogen-bond acceptors (Lipinski definition) is 2. The summed E-state index contributed by atoms with van der Waals surface area (Å²) in [5.74, 6) is 1.40. The van der Waals surface area contributed by atoms with Crippen molar-refractivity contribution < 1.29 is 4.74 Å². The van der Waals surface area contributed by atoms with Gasteiger partial charge in [-0.15, -0.1) is 0 Å². The molecule has 0 aliphatic carbocycles. The van der Waals surface area contributed by atoms with E-state index < -0.39 is 0 Å². The van der Waals surface area contributed by atoms with Crippen LogP contribution in [0.5, 0.6) is 11.5 Å². The predicted molar refractivity (Wildman–Crippen MR) is 81.1 cm³/mol. The van der Waals surface area contributed by atoms with E-state index in [4.69, 9.17) is 22.1 Å². The Morgan fingerprint density at radius 2 is 1.68 bits per heavy atom. The van der Waals surface area contributed by atoms with Crippen molar-refractivity contribution in [2.45, 2.75) is 26.2 Å². The molecule has 0 aliphatic rings. The summed E-state index contributed by atoms with van der Waals surface area (Å²) in [4.78, 5) is 0. The average Bonchev–Trinajstić information content (AvgIpc) is 2.33.